The first-order valence-electron chi connectivity index (χ1n) is 10.9. The number of carbonyl (C=O) groups excluding carboxylic acids is 1. The predicted octanol–water partition coefficient (Wildman–Crippen LogP) is 6.79. The van der Waals surface area contributed by atoms with Gasteiger partial charge in [0.2, 0.25) is 0 Å². The fraction of sp³-hybridized carbons (Fsp3) is 0.444. The van der Waals surface area contributed by atoms with E-state index in [1.165, 1.54) is 16.7 Å². The average molecular weight is 393 g/mol. The van der Waals surface area contributed by atoms with Crippen LogP contribution in [0.15, 0.2) is 42.5 Å². The van der Waals surface area contributed by atoms with Gasteiger partial charge in [-0.25, -0.2) is 0 Å². The minimum absolute atomic E-state index is 0.0766. The lowest BCUT2D eigenvalue weighted by Gasteiger charge is -2.34. The van der Waals surface area contributed by atoms with Crippen LogP contribution in [0.25, 0.3) is 6.08 Å². The van der Waals surface area contributed by atoms with Crippen molar-refractivity contribution in [3.8, 4) is 0 Å². The van der Waals surface area contributed by atoms with Gasteiger partial charge in [-0.05, 0) is 67.3 Å². The maximum absolute atomic E-state index is 11.2. The monoisotopic (exact) mass is 392 g/mol. The highest BCUT2D eigenvalue weighted by Crippen LogP contribution is 2.40. The first-order chi connectivity index (χ1) is 13.8. The number of hydrogen-bond acceptors (Lipinski definition) is 2. The maximum atomic E-state index is 11.2. The molecule has 1 N–H and O–H groups in total. The molecular formula is C27H36O2. The fourth-order valence-electron chi connectivity index (χ4n) is 4.23. The van der Waals surface area contributed by atoms with Crippen molar-refractivity contribution in [2.24, 2.45) is 0 Å². The Morgan fingerprint density at radius 2 is 1.28 bits per heavy atom. The van der Waals surface area contributed by atoms with Crippen LogP contribution in [0.1, 0.15) is 91.6 Å². The normalized spacial score (nSPS) is 12.5. The molecule has 2 nitrogen and oxygen atoms in total. The smallest absolute Gasteiger partial charge is 0.150 e. The van der Waals surface area contributed by atoms with Gasteiger partial charge in [-0.1, -0.05) is 76.2 Å². The summed E-state index contributed by atoms with van der Waals surface area (Å²) in [4.78, 5) is 11.2. The van der Waals surface area contributed by atoms with Crippen molar-refractivity contribution < 1.29 is 9.90 Å². The second kappa shape index (κ2) is 9.54. The van der Waals surface area contributed by atoms with Crippen molar-refractivity contribution in [1.82, 2.24) is 0 Å². The lowest BCUT2D eigenvalue weighted by atomic mass is 9.69. The molecule has 0 bridgehead atoms. The summed E-state index contributed by atoms with van der Waals surface area (Å²) in [6, 6.07) is 12.9. The van der Waals surface area contributed by atoms with Crippen LogP contribution in [0.3, 0.4) is 0 Å². The molecule has 2 heteroatoms. The molecule has 0 spiro atoms. The summed E-state index contributed by atoms with van der Waals surface area (Å²) in [7, 11) is 0. The molecule has 29 heavy (non-hydrogen) atoms. The molecule has 0 heterocycles. The Morgan fingerprint density at radius 1 is 0.793 bits per heavy atom. The van der Waals surface area contributed by atoms with Crippen LogP contribution >= 0.6 is 0 Å². The van der Waals surface area contributed by atoms with Crippen LogP contribution in [0.4, 0.5) is 0 Å². The van der Waals surface area contributed by atoms with Crippen LogP contribution in [-0.2, 0) is 5.41 Å². The largest absolute Gasteiger partial charge is 0.386 e. The topological polar surface area (TPSA) is 37.3 Å². The van der Waals surface area contributed by atoms with E-state index in [1.807, 2.05) is 32.9 Å². The summed E-state index contributed by atoms with van der Waals surface area (Å²) in [6.45, 7) is 12.6. The fourth-order valence-corrected chi connectivity index (χ4v) is 4.23. The van der Waals surface area contributed by atoms with Gasteiger partial charge in [0.25, 0.3) is 0 Å². The van der Waals surface area contributed by atoms with Crippen LogP contribution < -0.4 is 0 Å². The Morgan fingerprint density at radius 3 is 1.66 bits per heavy atom. The average Bonchev–Trinajstić information content (AvgIpc) is 2.74. The zero-order valence-corrected chi connectivity index (χ0v) is 18.9. The number of aldehydes is 1. The van der Waals surface area contributed by atoms with Gasteiger partial charge in [-0.3, -0.25) is 4.79 Å². The number of aliphatic hydroxyl groups is 1. The second-order valence-corrected chi connectivity index (χ2v) is 8.19. The Hall–Kier alpha value is -2.19. The quantitative estimate of drug-likeness (QED) is 0.477. The highest BCUT2D eigenvalue weighted by molar-refractivity contribution is 5.77. The van der Waals surface area contributed by atoms with E-state index in [4.69, 9.17) is 0 Å². The van der Waals surface area contributed by atoms with Crippen molar-refractivity contribution >= 4 is 12.4 Å². The summed E-state index contributed by atoms with van der Waals surface area (Å²) in [5.41, 5.74) is 5.89. The van der Waals surface area contributed by atoms with E-state index in [-0.39, 0.29) is 5.41 Å². The van der Waals surface area contributed by atoms with Crippen LogP contribution in [-0.4, -0.2) is 17.0 Å². The number of hydrogen-bond donors (Lipinski definition) is 1. The Kier molecular flexibility index (Phi) is 7.60. The highest BCUT2D eigenvalue weighted by Gasteiger charge is 2.31. The minimum atomic E-state index is -0.737. The Labute approximate surface area is 176 Å². The summed E-state index contributed by atoms with van der Waals surface area (Å²) >= 11 is 0. The molecule has 0 aliphatic rings. The summed E-state index contributed by atoms with van der Waals surface area (Å²) in [6.07, 6.45) is 8.31. The molecule has 0 aromatic heterocycles. The summed E-state index contributed by atoms with van der Waals surface area (Å²) < 4.78 is 0. The molecule has 0 radical (unpaired) electrons. The lowest BCUT2D eigenvalue weighted by molar-refractivity contribution is 0.0836. The van der Waals surface area contributed by atoms with Gasteiger partial charge < -0.3 is 5.11 Å². The second-order valence-electron chi connectivity index (χ2n) is 8.19. The van der Waals surface area contributed by atoms with E-state index in [0.29, 0.717) is 12.8 Å². The molecule has 0 atom stereocenters. The van der Waals surface area contributed by atoms with E-state index in [1.54, 1.807) is 0 Å². The van der Waals surface area contributed by atoms with Gasteiger partial charge in [-0.15, -0.1) is 0 Å². The molecule has 2 rings (SSSR count). The Balaban J connectivity index is 2.50. The van der Waals surface area contributed by atoms with Crippen LogP contribution in [0, 0.1) is 13.8 Å². The SMILES string of the molecule is CCC(O)(/C=C/c1ccc(C(CC)(CC)c2ccc(C=O)c(C)c2)cc1C)CC. The standard InChI is InChI=1S/C27H36O2/c1-7-26(29,8-2)16-15-22-11-13-24(17-20(22)5)27(9-3,10-4)25-14-12-23(19-28)21(6)18-25/h11-19,29H,7-10H2,1-6H3/b16-15+. The van der Waals surface area contributed by atoms with Crippen molar-refractivity contribution in [2.75, 3.05) is 0 Å². The molecule has 0 amide bonds. The van der Waals surface area contributed by atoms with Gasteiger partial charge >= 0.3 is 0 Å². The Bertz CT molecular complexity index is 868. The minimum Gasteiger partial charge on any atom is -0.386 e. The first-order valence-corrected chi connectivity index (χ1v) is 10.9. The first kappa shape index (κ1) is 23.1. The van der Waals surface area contributed by atoms with Crippen molar-refractivity contribution in [1.29, 1.82) is 0 Å². The van der Waals surface area contributed by atoms with Gasteiger partial charge in [-0.2, -0.15) is 0 Å². The van der Waals surface area contributed by atoms with Gasteiger partial charge in [0.15, 0.2) is 0 Å². The molecule has 0 saturated carbocycles. The summed E-state index contributed by atoms with van der Waals surface area (Å²) in [5, 5.41) is 10.5. The zero-order valence-electron chi connectivity index (χ0n) is 18.9. The zero-order chi connectivity index (χ0) is 21.7. The van der Waals surface area contributed by atoms with Crippen LogP contribution in [0.5, 0.6) is 0 Å². The predicted molar refractivity (Wildman–Crippen MR) is 124 cm³/mol. The molecule has 2 aromatic rings. The molecule has 0 saturated heterocycles. The lowest BCUT2D eigenvalue weighted by Crippen LogP contribution is -2.26. The van der Waals surface area contributed by atoms with E-state index in [0.717, 1.165) is 35.8 Å². The third-order valence-electron chi connectivity index (χ3n) is 6.78. The molecule has 0 unspecified atom stereocenters. The van der Waals surface area contributed by atoms with E-state index >= 15 is 0 Å². The maximum Gasteiger partial charge on any atom is 0.150 e. The van der Waals surface area contributed by atoms with Crippen molar-refractivity contribution in [3.63, 3.8) is 0 Å². The molecule has 156 valence electrons. The summed E-state index contributed by atoms with van der Waals surface area (Å²) in [5.74, 6) is 0. The van der Waals surface area contributed by atoms with Crippen molar-refractivity contribution in [3.05, 3.63) is 75.9 Å². The molecule has 2 aromatic carbocycles. The van der Waals surface area contributed by atoms with Gasteiger partial charge in [0.1, 0.15) is 6.29 Å². The highest BCUT2D eigenvalue weighted by atomic mass is 16.3. The van der Waals surface area contributed by atoms with E-state index < -0.39 is 5.60 Å². The number of carbonyl (C=O) groups is 1. The molecule has 0 aliphatic carbocycles. The number of aryl methyl sites for hydroxylation is 2. The van der Waals surface area contributed by atoms with Crippen molar-refractivity contribution in [2.45, 2.75) is 78.2 Å². The van der Waals surface area contributed by atoms with E-state index in [2.05, 4.69) is 57.2 Å². The third-order valence-corrected chi connectivity index (χ3v) is 6.78. The van der Waals surface area contributed by atoms with Gasteiger partial charge in [0, 0.05) is 11.0 Å². The van der Waals surface area contributed by atoms with E-state index in [9.17, 15) is 9.90 Å². The number of rotatable bonds is 9. The van der Waals surface area contributed by atoms with Crippen LogP contribution in [0.2, 0.25) is 0 Å². The third kappa shape index (κ3) is 4.70. The number of benzene rings is 2. The molecule has 0 fully saturated rings. The molecule has 0 aliphatic heterocycles. The van der Waals surface area contributed by atoms with Gasteiger partial charge in [0.05, 0.1) is 5.60 Å². The molecular weight excluding hydrogens is 356 g/mol.